The lowest BCUT2D eigenvalue weighted by molar-refractivity contribution is -0.144. The van der Waals surface area contributed by atoms with E-state index < -0.39 is 5.97 Å². The third-order valence-electron chi connectivity index (χ3n) is 3.72. The monoisotopic (exact) mass is 285 g/mol. The number of carboxylic acid groups (broad SMARTS) is 1. The average molecular weight is 285 g/mol. The van der Waals surface area contributed by atoms with Crippen molar-refractivity contribution in [3.05, 3.63) is 0 Å². The van der Waals surface area contributed by atoms with Gasteiger partial charge < -0.3 is 15.2 Å². The molecule has 0 bridgehead atoms. The SMILES string of the molecule is CC(C)OCCCCNC(=O)C1CCCC(C(=O)O)C1. The number of nitrogens with one attached hydrogen (secondary N) is 1. The second-order valence-electron chi connectivity index (χ2n) is 5.82. The Morgan fingerprint density at radius 1 is 1.25 bits per heavy atom. The number of amides is 1. The maximum absolute atomic E-state index is 12.0. The van der Waals surface area contributed by atoms with E-state index in [9.17, 15) is 9.59 Å². The molecule has 1 saturated carbocycles. The summed E-state index contributed by atoms with van der Waals surface area (Å²) in [5.41, 5.74) is 0. The number of hydrogen-bond acceptors (Lipinski definition) is 3. The second kappa shape index (κ2) is 8.95. The summed E-state index contributed by atoms with van der Waals surface area (Å²) in [6.45, 7) is 5.38. The van der Waals surface area contributed by atoms with Crippen LogP contribution in [0.1, 0.15) is 52.4 Å². The number of unbranched alkanes of at least 4 members (excludes halogenated alkanes) is 1. The molecule has 5 nitrogen and oxygen atoms in total. The lowest BCUT2D eigenvalue weighted by atomic mass is 9.81. The first kappa shape index (κ1) is 17.0. The van der Waals surface area contributed by atoms with Crippen LogP contribution in [-0.4, -0.2) is 36.2 Å². The number of ether oxygens (including phenoxy) is 1. The highest BCUT2D eigenvalue weighted by molar-refractivity contribution is 5.80. The maximum Gasteiger partial charge on any atom is 0.306 e. The van der Waals surface area contributed by atoms with Crippen LogP contribution in [0.5, 0.6) is 0 Å². The Balaban J connectivity index is 2.14. The summed E-state index contributed by atoms with van der Waals surface area (Å²) >= 11 is 0. The van der Waals surface area contributed by atoms with Gasteiger partial charge in [-0.15, -0.1) is 0 Å². The van der Waals surface area contributed by atoms with E-state index in [1.54, 1.807) is 0 Å². The fraction of sp³-hybridized carbons (Fsp3) is 0.867. The Morgan fingerprint density at radius 3 is 2.60 bits per heavy atom. The van der Waals surface area contributed by atoms with Crippen LogP contribution in [0.2, 0.25) is 0 Å². The van der Waals surface area contributed by atoms with E-state index in [1.807, 2.05) is 13.8 Å². The van der Waals surface area contributed by atoms with Crippen LogP contribution in [0.15, 0.2) is 0 Å². The molecule has 116 valence electrons. The van der Waals surface area contributed by atoms with E-state index in [0.717, 1.165) is 32.3 Å². The van der Waals surface area contributed by atoms with Crippen molar-refractivity contribution >= 4 is 11.9 Å². The highest BCUT2D eigenvalue weighted by Gasteiger charge is 2.30. The van der Waals surface area contributed by atoms with E-state index in [1.165, 1.54) is 0 Å². The van der Waals surface area contributed by atoms with Crippen LogP contribution < -0.4 is 5.32 Å². The molecule has 0 radical (unpaired) electrons. The van der Waals surface area contributed by atoms with Gasteiger partial charge >= 0.3 is 5.97 Å². The topological polar surface area (TPSA) is 75.6 Å². The van der Waals surface area contributed by atoms with E-state index >= 15 is 0 Å². The molecule has 2 unspecified atom stereocenters. The average Bonchev–Trinajstić information content (AvgIpc) is 2.42. The Morgan fingerprint density at radius 2 is 1.95 bits per heavy atom. The second-order valence-corrected chi connectivity index (χ2v) is 5.82. The predicted octanol–water partition coefficient (Wildman–Crippen LogP) is 2.20. The van der Waals surface area contributed by atoms with Gasteiger partial charge in [0, 0.05) is 19.1 Å². The Bertz CT molecular complexity index is 317. The highest BCUT2D eigenvalue weighted by atomic mass is 16.5. The number of carbonyl (C=O) groups is 2. The molecule has 1 rings (SSSR count). The van der Waals surface area contributed by atoms with Crippen molar-refractivity contribution in [1.82, 2.24) is 5.32 Å². The van der Waals surface area contributed by atoms with Gasteiger partial charge in [0.2, 0.25) is 5.91 Å². The summed E-state index contributed by atoms with van der Waals surface area (Å²) in [6.07, 6.45) is 4.90. The quantitative estimate of drug-likeness (QED) is 0.670. The summed E-state index contributed by atoms with van der Waals surface area (Å²) in [7, 11) is 0. The molecule has 1 fully saturated rings. The molecule has 1 aliphatic carbocycles. The lowest BCUT2D eigenvalue weighted by Crippen LogP contribution is -2.35. The first-order valence-electron chi connectivity index (χ1n) is 7.62. The Labute approximate surface area is 121 Å². The largest absolute Gasteiger partial charge is 0.481 e. The molecule has 0 spiro atoms. The summed E-state index contributed by atoms with van der Waals surface area (Å²) in [4.78, 5) is 22.9. The predicted molar refractivity (Wildman–Crippen MR) is 76.4 cm³/mol. The molecule has 0 aromatic carbocycles. The standard InChI is InChI=1S/C15H27NO4/c1-11(2)20-9-4-3-8-16-14(17)12-6-5-7-13(10-12)15(18)19/h11-13H,3-10H2,1-2H3,(H,16,17)(H,18,19). The van der Waals surface area contributed by atoms with E-state index in [-0.39, 0.29) is 23.8 Å². The zero-order valence-corrected chi connectivity index (χ0v) is 12.6. The number of hydrogen-bond donors (Lipinski definition) is 2. The molecule has 0 heterocycles. The van der Waals surface area contributed by atoms with E-state index in [2.05, 4.69) is 5.32 Å². The normalized spacial score (nSPS) is 22.8. The van der Waals surface area contributed by atoms with Crippen LogP contribution in [0.4, 0.5) is 0 Å². The van der Waals surface area contributed by atoms with Gasteiger partial charge in [-0.2, -0.15) is 0 Å². The third-order valence-corrected chi connectivity index (χ3v) is 3.72. The van der Waals surface area contributed by atoms with E-state index in [0.29, 0.717) is 19.4 Å². The minimum absolute atomic E-state index is 0.0146. The molecule has 1 aliphatic rings. The minimum Gasteiger partial charge on any atom is -0.481 e. The molecule has 0 aliphatic heterocycles. The third kappa shape index (κ3) is 6.37. The van der Waals surface area contributed by atoms with Gasteiger partial charge in [0.1, 0.15) is 0 Å². The van der Waals surface area contributed by atoms with Gasteiger partial charge in [0.25, 0.3) is 0 Å². The highest BCUT2D eigenvalue weighted by Crippen LogP contribution is 2.29. The molecule has 5 heteroatoms. The summed E-state index contributed by atoms with van der Waals surface area (Å²) in [6, 6.07) is 0. The molecule has 0 saturated heterocycles. The Kier molecular flexibility index (Phi) is 7.59. The van der Waals surface area contributed by atoms with Crippen LogP contribution in [0, 0.1) is 11.8 Å². The van der Waals surface area contributed by atoms with Gasteiger partial charge in [-0.25, -0.2) is 0 Å². The lowest BCUT2D eigenvalue weighted by Gasteiger charge is -2.25. The Hall–Kier alpha value is -1.10. The maximum atomic E-state index is 12.0. The molecular weight excluding hydrogens is 258 g/mol. The summed E-state index contributed by atoms with van der Waals surface area (Å²) in [5, 5.41) is 11.9. The number of rotatable bonds is 8. The molecule has 1 amide bonds. The smallest absolute Gasteiger partial charge is 0.306 e. The van der Waals surface area contributed by atoms with Gasteiger partial charge in [-0.3, -0.25) is 9.59 Å². The van der Waals surface area contributed by atoms with Crippen LogP contribution in [0.25, 0.3) is 0 Å². The molecular formula is C15H27NO4. The van der Waals surface area contributed by atoms with Crippen LogP contribution >= 0.6 is 0 Å². The first-order valence-corrected chi connectivity index (χ1v) is 7.62. The van der Waals surface area contributed by atoms with Gasteiger partial charge in [0.05, 0.1) is 12.0 Å². The van der Waals surface area contributed by atoms with Crippen molar-refractivity contribution in [3.63, 3.8) is 0 Å². The molecule has 2 N–H and O–H groups in total. The molecule has 20 heavy (non-hydrogen) atoms. The number of carbonyl (C=O) groups excluding carboxylic acids is 1. The minimum atomic E-state index is -0.770. The van der Waals surface area contributed by atoms with Gasteiger partial charge in [-0.05, 0) is 46.0 Å². The van der Waals surface area contributed by atoms with Crippen LogP contribution in [0.3, 0.4) is 0 Å². The zero-order valence-electron chi connectivity index (χ0n) is 12.6. The molecule has 0 aromatic heterocycles. The first-order chi connectivity index (χ1) is 9.50. The van der Waals surface area contributed by atoms with E-state index in [4.69, 9.17) is 9.84 Å². The van der Waals surface area contributed by atoms with Crippen molar-refractivity contribution in [2.45, 2.75) is 58.5 Å². The van der Waals surface area contributed by atoms with Crippen molar-refractivity contribution in [1.29, 1.82) is 0 Å². The number of carboxylic acids is 1. The van der Waals surface area contributed by atoms with Crippen molar-refractivity contribution in [3.8, 4) is 0 Å². The number of aliphatic carboxylic acids is 1. The van der Waals surface area contributed by atoms with Crippen LogP contribution in [-0.2, 0) is 14.3 Å². The fourth-order valence-corrected chi connectivity index (χ4v) is 2.55. The fourth-order valence-electron chi connectivity index (χ4n) is 2.55. The van der Waals surface area contributed by atoms with Gasteiger partial charge in [-0.1, -0.05) is 6.42 Å². The molecule has 0 aromatic rings. The van der Waals surface area contributed by atoms with Crippen molar-refractivity contribution < 1.29 is 19.4 Å². The summed E-state index contributed by atoms with van der Waals surface area (Å²) in [5.74, 6) is -1.23. The van der Waals surface area contributed by atoms with Crippen molar-refractivity contribution in [2.24, 2.45) is 11.8 Å². The zero-order chi connectivity index (χ0) is 15.0. The van der Waals surface area contributed by atoms with Gasteiger partial charge in [0.15, 0.2) is 0 Å². The molecule has 2 atom stereocenters. The van der Waals surface area contributed by atoms with Crippen molar-refractivity contribution in [2.75, 3.05) is 13.2 Å². The summed E-state index contributed by atoms with van der Waals surface area (Å²) < 4.78 is 5.43.